The number of amides is 1. The van der Waals surface area contributed by atoms with Crippen molar-refractivity contribution < 1.29 is 14.7 Å². The van der Waals surface area contributed by atoms with Crippen molar-refractivity contribution in [1.82, 2.24) is 4.90 Å². The first-order valence-corrected chi connectivity index (χ1v) is 5.35. The van der Waals surface area contributed by atoms with E-state index in [0.717, 1.165) is 11.1 Å². The van der Waals surface area contributed by atoms with Crippen LogP contribution in [0.4, 0.5) is 0 Å². The van der Waals surface area contributed by atoms with E-state index >= 15 is 0 Å². The fourth-order valence-electron chi connectivity index (χ4n) is 2.07. The third-order valence-electron chi connectivity index (χ3n) is 2.83. The van der Waals surface area contributed by atoms with Crippen LogP contribution < -0.4 is 5.11 Å². The van der Waals surface area contributed by atoms with Crippen LogP contribution in [-0.2, 0) is 9.59 Å². The van der Waals surface area contributed by atoms with Gasteiger partial charge in [0.05, 0.1) is 6.04 Å². The molecule has 2 rings (SSSR count). The van der Waals surface area contributed by atoms with Gasteiger partial charge in [0.25, 0.3) is 0 Å². The second-order valence-electron chi connectivity index (χ2n) is 3.96. The Balaban J connectivity index is 2.43. The van der Waals surface area contributed by atoms with E-state index in [4.69, 9.17) is 0 Å². The number of carboxylic acids is 1. The Morgan fingerprint density at radius 1 is 1.35 bits per heavy atom. The van der Waals surface area contributed by atoms with E-state index in [1.807, 2.05) is 30.3 Å². The van der Waals surface area contributed by atoms with E-state index in [0.29, 0.717) is 0 Å². The van der Waals surface area contributed by atoms with Crippen molar-refractivity contribution in [1.29, 1.82) is 0 Å². The Morgan fingerprint density at radius 3 is 2.71 bits per heavy atom. The van der Waals surface area contributed by atoms with E-state index in [1.54, 1.807) is 6.20 Å². The van der Waals surface area contributed by atoms with Gasteiger partial charge in [-0.2, -0.15) is 0 Å². The molecule has 0 radical (unpaired) electrons. The molecular weight excluding hydrogens is 218 g/mol. The summed E-state index contributed by atoms with van der Waals surface area (Å²) in [5, 5.41) is 10.8. The number of carbonyl (C=O) groups is 2. The maximum absolute atomic E-state index is 11.5. The molecule has 88 valence electrons. The van der Waals surface area contributed by atoms with E-state index in [1.165, 1.54) is 11.8 Å². The molecule has 1 aromatic rings. The molecule has 0 saturated heterocycles. The van der Waals surface area contributed by atoms with Crippen LogP contribution in [0, 0.1) is 0 Å². The van der Waals surface area contributed by atoms with Gasteiger partial charge in [-0.15, -0.1) is 0 Å². The van der Waals surface area contributed by atoms with Gasteiger partial charge < -0.3 is 14.8 Å². The average molecular weight is 230 g/mol. The van der Waals surface area contributed by atoms with Crippen molar-refractivity contribution >= 4 is 18.0 Å². The van der Waals surface area contributed by atoms with Crippen molar-refractivity contribution in [3.8, 4) is 0 Å². The molecule has 4 heteroatoms. The predicted octanol–water partition coefficient (Wildman–Crippen LogP) is 0.700. The number of hydrogen-bond donors (Lipinski definition) is 0. The number of carbonyl (C=O) groups excluding carboxylic acids is 2. The number of aliphatic carboxylic acids is 1. The van der Waals surface area contributed by atoms with Gasteiger partial charge in [-0.25, -0.2) is 0 Å². The molecule has 0 bridgehead atoms. The van der Waals surface area contributed by atoms with Crippen molar-refractivity contribution in [2.75, 3.05) is 0 Å². The van der Waals surface area contributed by atoms with Gasteiger partial charge in [0.2, 0.25) is 5.91 Å². The number of carboxylic acid groups (broad SMARTS) is 1. The molecule has 1 atom stereocenters. The molecule has 0 fully saturated rings. The van der Waals surface area contributed by atoms with Crippen LogP contribution in [0.15, 0.2) is 30.5 Å². The van der Waals surface area contributed by atoms with Crippen LogP contribution in [0.25, 0.3) is 6.08 Å². The van der Waals surface area contributed by atoms with Crippen LogP contribution in [-0.4, -0.2) is 16.8 Å². The first-order chi connectivity index (χ1) is 8.09. The van der Waals surface area contributed by atoms with Crippen LogP contribution >= 0.6 is 0 Å². The largest absolute Gasteiger partial charge is 0.550 e. The Labute approximate surface area is 99.2 Å². The smallest absolute Gasteiger partial charge is 0.223 e. The van der Waals surface area contributed by atoms with Crippen LogP contribution in [0.2, 0.25) is 0 Å². The molecule has 17 heavy (non-hydrogen) atoms. The zero-order chi connectivity index (χ0) is 12.4. The third-order valence-corrected chi connectivity index (χ3v) is 2.83. The standard InChI is InChI=1S/C13H13NO3/c1-9(15)14-7-6-10-4-2-3-5-11(10)12(14)8-13(16)17/h2-7,12H,8H2,1H3,(H,16,17)/p-1/t12-/m0/s1. The number of benzene rings is 1. The molecule has 0 aliphatic carbocycles. The summed E-state index contributed by atoms with van der Waals surface area (Å²) in [6.45, 7) is 1.42. The topological polar surface area (TPSA) is 60.4 Å². The molecule has 0 N–H and O–H groups in total. The number of hydrogen-bond acceptors (Lipinski definition) is 3. The van der Waals surface area contributed by atoms with Gasteiger partial charge >= 0.3 is 0 Å². The normalized spacial score (nSPS) is 17.7. The summed E-state index contributed by atoms with van der Waals surface area (Å²) in [7, 11) is 0. The molecule has 1 amide bonds. The first kappa shape index (κ1) is 11.4. The highest BCUT2D eigenvalue weighted by Gasteiger charge is 2.25. The Morgan fingerprint density at radius 2 is 2.06 bits per heavy atom. The van der Waals surface area contributed by atoms with Crippen LogP contribution in [0.3, 0.4) is 0 Å². The minimum atomic E-state index is -1.16. The quantitative estimate of drug-likeness (QED) is 0.751. The highest BCUT2D eigenvalue weighted by atomic mass is 16.4. The molecule has 1 aliphatic heterocycles. The summed E-state index contributed by atoms with van der Waals surface area (Å²) in [5.74, 6) is -1.34. The Bertz CT molecular complexity index is 493. The second-order valence-corrected chi connectivity index (χ2v) is 3.96. The van der Waals surface area contributed by atoms with E-state index < -0.39 is 12.0 Å². The van der Waals surface area contributed by atoms with Gasteiger partial charge in [-0.05, 0) is 17.2 Å². The predicted molar refractivity (Wildman–Crippen MR) is 60.4 cm³/mol. The molecular formula is C13H12NO3-. The fraction of sp³-hybridized carbons (Fsp3) is 0.231. The molecule has 1 aliphatic rings. The Hall–Kier alpha value is -2.10. The summed E-state index contributed by atoms with van der Waals surface area (Å²) < 4.78 is 0. The van der Waals surface area contributed by atoms with E-state index in [-0.39, 0.29) is 12.3 Å². The summed E-state index contributed by atoms with van der Waals surface area (Å²) in [6, 6.07) is 6.97. The number of fused-ring (bicyclic) bond motifs is 1. The monoisotopic (exact) mass is 230 g/mol. The zero-order valence-electron chi connectivity index (χ0n) is 9.42. The van der Waals surface area contributed by atoms with Crippen LogP contribution in [0.5, 0.6) is 0 Å². The summed E-state index contributed by atoms with van der Waals surface area (Å²) in [4.78, 5) is 23.7. The fourth-order valence-corrected chi connectivity index (χ4v) is 2.07. The Kier molecular flexibility index (Phi) is 2.95. The van der Waals surface area contributed by atoms with Gasteiger partial charge in [0.15, 0.2) is 0 Å². The van der Waals surface area contributed by atoms with E-state index in [9.17, 15) is 14.7 Å². The maximum Gasteiger partial charge on any atom is 0.223 e. The number of rotatable bonds is 2. The van der Waals surface area contributed by atoms with Gasteiger partial charge in [0.1, 0.15) is 0 Å². The zero-order valence-corrected chi connectivity index (χ0v) is 9.42. The third kappa shape index (κ3) is 2.20. The summed E-state index contributed by atoms with van der Waals surface area (Å²) in [5.41, 5.74) is 1.78. The first-order valence-electron chi connectivity index (χ1n) is 5.35. The van der Waals surface area contributed by atoms with Gasteiger partial charge in [0, 0.05) is 25.5 Å². The van der Waals surface area contributed by atoms with Crippen molar-refractivity contribution in [2.24, 2.45) is 0 Å². The average Bonchev–Trinajstić information content (AvgIpc) is 2.28. The van der Waals surface area contributed by atoms with Gasteiger partial charge in [-0.3, -0.25) is 4.79 Å². The highest BCUT2D eigenvalue weighted by Crippen LogP contribution is 2.32. The van der Waals surface area contributed by atoms with Crippen molar-refractivity contribution in [3.05, 3.63) is 41.6 Å². The molecule has 4 nitrogen and oxygen atoms in total. The lowest BCUT2D eigenvalue weighted by Crippen LogP contribution is -2.35. The molecule has 1 aromatic carbocycles. The minimum absolute atomic E-state index is 0.179. The maximum atomic E-state index is 11.5. The molecule has 0 spiro atoms. The summed E-state index contributed by atoms with van der Waals surface area (Å²) in [6.07, 6.45) is 3.24. The molecule has 0 aromatic heterocycles. The molecule has 0 saturated carbocycles. The SMILES string of the molecule is CC(=O)N1C=Cc2ccccc2[C@@H]1CC(=O)[O-]. The van der Waals surface area contributed by atoms with Gasteiger partial charge in [-0.1, -0.05) is 24.3 Å². The highest BCUT2D eigenvalue weighted by molar-refractivity contribution is 5.79. The van der Waals surface area contributed by atoms with E-state index in [2.05, 4.69) is 0 Å². The van der Waals surface area contributed by atoms with Crippen molar-refractivity contribution in [3.63, 3.8) is 0 Å². The lowest BCUT2D eigenvalue weighted by atomic mass is 9.94. The van der Waals surface area contributed by atoms with Crippen molar-refractivity contribution in [2.45, 2.75) is 19.4 Å². The molecule has 0 unspecified atom stereocenters. The lowest BCUT2D eigenvalue weighted by Gasteiger charge is -2.32. The summed E-state index contributed by atoms with van der Waals surface area (Å²) >= 11 is 0. The van der Waals surface area contributed by atoms with Crippen LogP contribution in [0.1, 0.15) is 30.5 Å². The minimum Gasteiger partial charge on any atom is -0.550 e. The second kappa shape index (κ2) is 4.41. The molecule has 1 heterocycles. The number of nitrogens with zero attached hydrogens (tertiary/aromatic N) is 1. The lowest BCUT2D eigenvalue weighted by molar-refractivity contribution is -0.306.